The van der Waals surface area contributed by atoms with E-state index in [-0.39, 0.29) is 0 Å². The molecule has 0 aliphatic heterocycles. The predicted octanol–water partition coefficient (Wildman–Crippen LogP) is 8.10. The van der Waals surface area contributed by atoms with E-state index in [1.807, 2.05) is 30.3 Å². The normalized spacial score (nSPS) is 11.2. The van der Waals surface area contributed by atoms with Crippen molar-refractivity contribution in [2.24, 2.45) is 0 Å². The molecule has 0 N–H and O–H groups in total. The molecule has 0 heterocycles. The highest BCUT2D eigenvalue weighted by molar-refractivity contribution is 5.20. The molecule has 0 unspecified atom stereocenters. The molecule has 0 aliphatic rings. The van der Waals surface area contributed by atoms with E-state index < -0.39 is 0 Å². The predicted molar refractivity (Wildman–Crippen MR) is 111 cm³/mol. The first-order chi connectivity index (χ1) is 12.4. The molecule has 0 aromatic heterocycles. The average molecular weight is 345 g/mol. The molecule has 0 spiro atoms. The van der Waals surface area contributed by atoms with E-state index in [9.17, 15) is 0 Å². The van der Waals surface area contributed by atoms with Crippen LogP contribution in [0.1, 0.15) is 96.8 Å². The highest BCUT2D eigenvalue weighted by Gasteiger charge is 1.94. The Bertz CT molecular complexity index is 396. The van der Waals surface area contributed by atoms with E-state index in [1.165, 1.54) is 89.9 Å². The van der Waals surface area contributed by atoms with Gasteiger partial charge in [-0.25, -0.2) is 0 Å². The van der Waals surface area contributed by atoms with Crippen molar-refractivity contribution < 1.29 is 4.74 Å². The van der Waals surface area contributed by atoms with Crippen molar-refractivity contribution >= 4 is 0 Å². The first-order valence-electron chi connectivity index (χ1n) is 10.8. The monoisotopic (exact) mass is 344 g/mol. The molecule has 1 rings (SSSR count). The summed E-state index contributed by atoms with van der Waals surface area (Å²) < 4.78 is 5.72. The van der Waals surface area contributed by atoms with E-state index in [0.29, 0.717) is 0 Å². The maximum Gasteiger partial charge on any atom is 0.119 e. The van der Waals surface area contributed by atoms with Crippen molar-refractivity contribution in [3.63, 3.8) is 0 Å². The van der Waals surface area contributed by atoms with E-state index >= 15 is 0 Å². The second-order valence-corrected chi connectivity index (χ2v) is 7.10. The van der Waals surface area contributed by atoms with Crippen molar-refractivity contribution in [1.29, 1.82) is 0 Å². The van der Waals surface area contributed by atoms with E-state index in [0.717, 1.165) is 12.4 Å². The summed E-state index contributed by atoms with van der Waals surface area (Å²) in [6, 6.07) is 10.1. The van der Waals surface area contributed by atoms with Crippen LogP contribution in [0.25, 0.3) is 0 Å². The fourth-order valence-electron chi connectivity index (χ4n) is 3.06. The molecule has 0 amide bonds. The molecule has 0 aliphatic carbocycles. The SMILES string of the molecule is CCCCCCCCC=CCCCCCCCCOc1ccccc1. The fourth-order valence-corrected chi connectivity index (χ4v) is 3.06. The third kappa shape index (κ3) is 14.8. The lowest BCUT2D eigenvalue weighted by Gasteiger charge is -2.05. The Labute approximate surface area is 156 Å². The van der Waals surface area contributed by atoms with Crippen LogP contribution >= 0.6 is 0 Å². The van der Waals surface area contributed by atoms with Gasteiger partial charge in [0, 0.05) is 0 Å². The largest absolute Gasteiger partial charge is 0.494 e. The van der Waals surface area contributed by atoms with Gasteiger partial charge in [-0.15, -0.1) is 0 Å². The zero-order valence-electron chi connectivity index (χ0n) is 16.6. The Balaban J connectivity index is 1.75. The minimum absolute atomic E-state index is 0.852. The number of unbranched alkanes of at least 4 members (excludes halogenated alkanes) is 12. The Kier molecular flexibility index (Phi) is 15.3. The van der Waals surface area contributed by atoms with Gasteiger partial charge in [-0.2, -0.15) is 0 Å². The molecule has 0 radical (unpaired) electrons. The van der Waals surface area contributed by atoms with Crippen LogP contribution in [0, 0.1) is 0 Å². The Morgan fingerprint density at radius 1 is 0.640 bits per heavy atom. The molecule has 0 fully saturated rings. The lowest BCUT2D eigenvalue weighted by Crippen LogP contribution is -1.96. The molecule has 1 heteroatoms. The Morgan fingerprint density at radius 2 is 1.16 bits per heavy atom. The number of hydrogen-bond acceptors (Lipinski definition) is 1. The van der Waals surface area contributed by atoms with Gasteiger partial charge in [0.05, 0.1) is 6.61 Å². The molecule has 1 aromatic rings. The van der Waals surface area contributed by atoms with E-state index in [1.54, 1.807) is 0 Å². The summed E-state index contributed by atoms with van der Waals surface area (Å²) in [4.78, 5) is 0. The first-order valence-corrected chi connectivity index (χ1v) is 10.8. The van der Waals surface area contributed by atoms with E-state index in [2.05, 4.69) is 19.1 Å². The van der Waals surface area contributed by atoms with Gasteiger partial charge in [-0.1, -0.05) is 95.1 Å². The second kappa shape index (κ2) is 17.6. The van der Waals surface area contributed by atoms with Crippen LogP contribution in [0.4, 0.5) is 0 Å². The summed E-state index contributed by atoms with van der Waals surface area (Å²) >= 11 is 0. The topological polar surface area (TPSA) is 9.23 Å². The van der Waals surface area contributed by atoms with Crippen LogP contribution in [0.3, 0.4) is 0 Å². The van der Waals surface area contributed by atoms with Gasteiger partial charge in [0.2, 0.25) is 0 Å². The van der Waals surface area contributed by atoms with Crippen LogP contribution in [0.5, 0.6) is 5.75 Å². The van der Waals surface area contributed by atoms with Crippen LogP contribution in [0.2, 0.25) is 0 Å². The molecule has 0 bridgehead atoms. The van der Waals surface area contributed by atoms with Crippen molar-refractivity contribution in [3.05, 3.63) is 42.5 Å². The highest BCUT2D eigenvalue weighted by atomic mass is 16.5. The van der Waals surface area contributed by atoms with Gasteiger partial charge in [0.1, 0.15) is 5.75 Å². The Morgan fingerprint density at radius 3 is 1.76 bits per heavy atom. The van der Waals surface area contributed by atoms with Crippen molar-refractivity contribution in [1.82, 2.24) is 0 Å². The minimum Gasteiger partial charge on any atom is -0.494 e. The maximum absolute atomic E-state index is 5.72. The molecule has 0 saturated carbocycles. The summed E-state index contributed by atoms with van der Waals surface area (Å²) in [5, 5.41) is 0. The zero-order valence-corrected chi connectivity index (χ0v) is 16.6. The van der Waals surface area contributed by atoms with Gasteiger partial charge >= 0.3 is 0 Å². The lowest BCUT2D eigenvalue weighted by molar-refractivity contribution is 0.304. The number of benzene rings is 1. The van der Waals surface area contributed by atoms with Crippen LogP contribution in [-0.2, 0) is 0 Å². The zero-order chi connectivity index (χ0) is 17.8. The third-order valence-electron chi connectivity index (χ3n) is 4.67. The second-order valence-electron chi connectivity index (χ2n) is 7.10. The molecular weight excluding hydrogens is 304 g/mol. The highest BCUT2D eigenvalue weighted by Crippen LogP contribution is 2.12. The van der Waals surface area contributed by atoms with Gasteiger partial charge in [0.25, 0.3) is 0 Å². The first kappa shape index (κ1) is 21.8. The summed E-state index contributed by atoms with van der Waals surface area (Å²) in [6.45, 7) is 3.13. The van der Waals surface area contributed by atoms with Gasteiger partial charge < -0.3 is 4.74 Å². The molecular formula is C24H40O. The fraction of sp³-hybridized carbons (Fsp3) is 0.667. The number of allylic oxidation sites excluding steroid dienone is 2. The van der Waals surface area contributed by atoms with Crippen molar-refractivity contribution in [2.75, 3.05) is 6.61 Å². The summed E-state index contributed by atoms with van der Waals surface area (Å²) in [7, 11) is 0. The summed E-state index contributed by atoms with van der Waals surface area (Å²) in [5.41, 5.74) is 0. The maximum atomic E-state index is 5.72. The average Bonchev–Trinajstić information content (AvgIpc) is 2.65. The summed E-state index contributed by atoms with van der Waals surface area (Å²) in [5.74, 6) is 0.996. The minimum atomic E-state index is 0.852. The van der Waals surface area contributed by atoms with Gasteiger partial charge in [-0.3, -0.25) is 0 Å². The van der Waals surface area contributed by atoms with Crippen LogP contribution in [0.15, 0.2) is 42.5 Å². The van der Waals surface area contributed by atoms with Crippen LogP contribution in [-0.4, -0.2) is 6.61 Å². The van der Waals surface area contributed by atoms with Crippen molar-refractivity contribution in [2.45, 2.75) is 96.8 Å². The molecule has 1 nitrogen and oxygen atoms in total. The third-order valence-corrected chi connectivity index (χ3v) is 4.67. The van der Waals surface area contributed by atoms with Gasteiger partial charge in [0.15, 0.2) is 0 Å². The molecule has 0 saturated heterocycles. The molecule has 1 aromatic carbocycles. The number of rotatable bonds is 17. The molecule has 0 atom stereocenters. The number of ether oxygens (including phenoxy) is 1. The molecule has 25 heavy (non-hydrogen) atoms. The molecule has 142 valence electrons. The Hall–Kier alpha value is -1.24. The summed E-state index contributed by atoms with van der Waals surface area (Å²) in [6.07, 6.45) is 23.7. The van der Waals surface area contributed by atoms with Crippen molar-refractivity contribution in [3.8, 4) is 5.75 Å². The van der Waals surface area contributed by atoms with Crippen LogP contribution < -0.4 is 4.74 Å². The van der Waals surface area contributed by atoms with E-state index in [4.69, 9.17) is 4.74 Å². The quantitative estimate of drug-likeness (QED) is 0.205. The smallest absolute Gasteiger partial charge is 0.119 e. The number of hydrogen-bond donors (Lipinski definition) is 0. The van der Waals surface area contributed by atoms with Gasteiger partial charge in [-0.05, 0) is 44.2 Å². The lowest BCUT2D eigenvalue weighted by atomic mass is 10.1. The standard InChI is InChI=1S/C24H40O/c1-2-3-4-5-6-7-8-9-10-11-12-13-14-15-16-20-23-25-24-21-18-17-19-22-24/h9-10,17-19,21-22H,2-8,11-16,20,23H2,1H3. The number of para-hydroxylation sites is 1.